The van der Waals surface area contributed by atoms with E-state index < -0.39 is 10.0 Å². The van der Waals surface area contributed by atoms with E-state index in [2.05, 4.69) is 4.98 Å². The molecule has 0 saturated carbocycles. The molecule has 0 heterocycles. The minimum absolute atomic E-state index is 0.0499. The standard InChI is InChI=1S/C9H12N3O2S/c1-12(2)15(13,14)7-8-3-5-9(11-10)6-4-8/h3-6H,7H2,1-2H3/q+1. The van der Waals surface area contributed by atoms with E-state index in [4.69, 9.17) is 5.39 Å². The molecular weight excluding hydrogens is 214 g/mol. The number of hydrogen-bond acceptors (Lipinski definition) is 3. The smallest absolute Gasteiger partial charge is 0.212 e. The molecule has 0 atom stereocenters. The van der Waals surface area contributed by atoms with Gasteiger partial charge in [0.25, 0.3) is 0 Å². The molecule has 6 heteroatoms. The average molecular weight is 226 g/mol. The third kappa shape index (κ3) is 3.01. The van der Waals surface area contributed by atoms with Crippen LogP contribution in [0.4, 0.5) is 5.69 Å². The number of diazo groups is 1. The third-order valence-corrected chi connectivity index (χ3v) is 3.77. The van der Waals surface area contributed by atoms with Crippen molar-refractivity contribution in [2.24, 2.45) is 0 Å². The molecule has 0 amide bonds. The van der Waals surface area contributed by atoms with E-state index in [-0.39, 0.29) is 5.75 Å². The zero-order valence-electron chi connectivity index (χ0n) is 8.58. The minimum atomic E-state index is -3.23. The Balaban J connectivity index is 2.88. The van der Waals surface area contributed by atoms with Crippen molar-refractivity contribution in [1.82, 2.24) is 4.31 Å². The van der Waals surface area contributed by atoms with Gasteiger partial charge in [0.2, 0.25) is 15.4 Å². The van der Waals surface area contributed by atoms with Crippen LogP contribution in [0.25, 0.3) is 4.98 Å². The molecule has 15 heavy (non-hydrogen) atoms. The predicted molar refractivity (Wildman–Crippen MR) is 57.5 cm³/mol. The normalized spacial score (nSPS) is 11.3. The second-order valence-electron chi connectivity index (χ2n) is 3.31. The minimum Gasteiger partial charge on any atom is -0.212 e. The molecule has 1 aromatic rings. The van der Waals surface area contributed by atoms with Crippen molar-refractivity contribution in [1.29, 1.82) is 5.39 Å². The highest BCUT2D eigenvalue weighted by Crippen LogP contribution is 2.15. The Kier molecular flexibility index (Phi) is 3.39. The van der Waals surface area contributed by atoms with Crippen molar-refractivity contribution >= 4 is 15.7 Å². The van der Waals surface area contributed by atoms with Crippen molar-refractivity contribution in [2.45, 2.75) is 5.75 Å². The Bertz CT molecular complexity index is 471. The quantitative estimate of drug-likeness (QED) is 0.735. The molecule has 1 rings (SSSR count). The van der Waals surface area contributed by atoms with Crippen LogP contribution in [-0.4, -0.2) is 26.8 Å². The van der Waals surface area contributed by atoms with Gasteiger partial charge in [0, 0.05) is 26.2 Å². The molecule has 0 saturated heterocycles. The maximum Gasteiger partial charge on any atom is 0.385 e. The molecule has 5 nitrogen and oxygen atoms in total. The van der Waals surface area contributed by atoms with Crippen LogP contribution in [0.2, 0.25) is 0 Å². The second-order valence-corrected chi connectivity index (χ2v) is 5.49. The molecule has 0 fully saturated rings. The van der Waals surface area contributed by atoms with Gasteiger partial charge in [-0.3, -0.25) is 0 Å². The summed E-state index contributed by atoms with van der Waals surface area (Å²) in [6.07, 6.45) is 0. The van der Waals surface area contributed by atoms with Crippen LogP contribution in [0.15, 0.2) is 24.3 Å². The first-order chi connectivity index (χ1) is 6.95. The van der Waals surface area contributed by atoms with Crippen molar-refractivity contribution < 1.29 is 8.42 Å². The highest BCUT2D eigenvalue weighted by Gasteiger charge is 2.15. The summed E-state index contributed by atoms with van der Waals surface area (Å²) in [5, 5.41) is 8.45. The summed E-state index contributed by atoms with van der Waals surface area (Å²) in [5.41, 5.74) is 1.07. The molecule has 0 unspecified atom stereocenters. The van der Waals surface area contributed by atoms with Crippen LogP contribution in [0.1, 0.15) is 5.56 Å². The summed E-state index contributed by atoms with van der Waals surface area (Å²) < 4.78 is 24.2. The van der Waals surface area contributed by atoms with Gasteiger partial charge in [-0.05, 0) is 17.7 Å². The maximum atomic E-state index is 11.5. The largest absolute Gasteiger partial charge is 0.385 e. The first-order valence-electron chi connectivity index (χ1n) is 4.30. The predicted octanol–water partition coefficient (Wildman–Crippen LogP) is 1.56. The van der Waals surface area contributed by atoms with Crippen LogP contribution < -0.4 is 0 Å². The van der Waals surface area contributed by atoms with E-state index in [1.165, 1.54) is 18.4 Å². The topological polar surface area (TPSA) is 65.5 Å². The molecule has 0 aromatic heterocycles. The van der Waals surface area contributed by atoms with Crippen LogP contribution in [0.5, 0.6) is 0 Å². The zero-order valence-corrected chi connectivity index (χ0v) is 9.40. The first-order valence-corrected chi connectivity index (χ1v) is 5.91. The van der Waals surface area contributed by atoms with E-state index in [9.17, 15) is 8.42 Å². The summed E-state index contributed by atoms with van der Waals surface area (Å²) in [6.45, 7) is 0. The van der Waals surface area contributed by atoms with Gasteiger partial charge in [-0.15, -0.1) is 0 Å². The van der Waals surface area contributed by atoms with Gasteiger partial charge in [-0.25, -0.2) is 12.7 Å². The fourth-order valence-corrected chi connectivity index (χ4v) is 1.87. The lowest BCUT2D eigenvalue weighted by Gasteiger charge is -2.10. The van der Waals surface area contributed by atoms with E-state index in [0.717, 1.165) is 0 Å². The number of benzene rings is 1. The molecule has 0 bridgehead atoms. The summed E-state index contributed by atoms with van der Waals surface area (Å²) in [4.78, 5) is 2.98. The van der Waals surface area contributed by atoms with Crippen LogP contribution in [0.3, 0.4) is 0 Å². The van der Waals surface area contributed by atoms with Gasteiger partial charge in [0.1, 0.15) is 0 Å². The Morgan fingerprint density at radius 1 is 1.27 bits per heavy atom. The number of hydrogen-bond donors (Lipinski definition) is 0. The molecule has 0 radical (unpaired) electrons. The van der Waals surface area contributed by atoms with Gasteiger partial charge >= 0.3 is 5.69 Å². The van der Waals surface area contributed by atoms with Crippen LogP contribution >= 0.6 is 0 Å². The molecule has 0 spiro atoms. The average Bonchev–Trinajstić information content (AvgIpc) is 2.18. The molecule has 0 aliphatic carbocycles. The van der Waals surface area contributed by atoms with E-state index in [1.54, 1.807) is 24.3 Å². The van der Waals surface area contributed by atoms with Crippen molar-refractivity contribution in [2.75, 3.05) is 14.1 Å². The summed E-state index contributed by atoms with van der Waals surface area (Å²) in [7, 11) is -0.245. The van der Waals surface area contributed by atoms with E-state index >= 15 is 0 Å². The first kappa shape index (κ1) is 11.6. The second kappa shape index (κ2) is 4.38. The van der Waals surface area contributed by atoms with Crippen molar-refractivity contribution in [3.63, 3.8) is 0 Å². The maximum absolute atomic E-state index is 11.5. The lowest BCUT2D eigenvalue weighted by atomic mass is 10.2. The Labute approximate surface area is 89.0 Å². The van der Waals surface area contributed by atoms with E-state index in [0.29, 0.717) is 11.3 Å². The van der Waals surface area contributed by atoms with Crippen molar-refractivity contribution in [3.8, 4) is 0 Å². The molecule has 80 valence electrons. The molecular formula is C9H12N3O2S+. The van der Waals surface area contributed by atoms with Gasteiger partial charge < -0.3 is 0 Å². The summed E-state index contributed by atoms with van der Waals surface area (Å²) in [5.74, 6) is -0.0499. The lowest BCUT2D eigenvalue weighted by molar-refractivity contribution is 0.520. The highest BCUT2D eigenvalue weighted by molar-refractivity contribution is 7.88. The van der Waals surface area contributed by atoms with Crippen LogP contribution in [0, 0.1) is 5.39 Å². The fourth-order valence-electron chi connectivity index (χ4n) is 0.999. The van der Waals surface area contributed by atoms with Gasteiger partial charge in [0.05, 0.1) is 5.75 Å². The lowest BCUT2D eigenvalue weighted by Crippen LogP contribution is -2.23. The SMILES string of the molecule is CN(C)S(=O)(=O)Cc1ccc([N+]#N)cc1. The van der Waals surface area contributed by atoms with Crippen molar-refractivity contribution in [3.05, 3.63) is 34.8 Å². The third-order valence-electron chi connectivity index (χ3n) is 1.96. The Morgan fingerprint density at radius 3 is 2.20 bits per heavy atom. The Hall–Kier alpha value is -1.45. The van der Waals surface area contributed by atoms with Crippen LogP contribution in [-0.2, 0) is 15.8 Å². The highest BCUT2D eigenvalue weighted by atomic mass is 32.2. The van der Waals surface area contributed by atoms with Gasteiger partial charge in [-0.1, -0.05) is 0 Å². The summed E-state index contributed by atoms with van der Waals surface area (Å²) >= 11 is 0. The fraction of sp³-hybridized carbons (Fsp3) is 0.333. The molecule has 1 aromatic carbocycles. The zero-order chi connectivity index (χ0) is 11.5. The Morgan fingerprint density at radius 2 is 1.80 bits per heavy atom. The monoisotopic (exact) mass is 226 g/mol. The van der Waals surface area contributed by atoms with Gasteiger partial charge in [0.15, 0.2) is 4.98 Å². The number of nitrogens with zero attached hydrogens (tertiary/aromatic N) is 3. The molecule has 0 aliphatic heterocycles. The number of sulfonamides is 1. The molecule has 0 N–H and O–H groups in total. The van der Waals surface area contributed by atoms with Gasteiger partial charge in [-0.2, -0.15) is 0 Å². The summed E-state index contributed by atoms with van der Waals surface area (Å²) in [6, 6.07) is 6.35. The van der Waals surface area contributed by atoms with E-state index in [1.807, 2.05) is 0 Å². The molecule has 0 aliphatic rings. The number of rotatable bonds is 3.